The maximum atomic E-state index is 6.61. The maximum Gasteiger partial charge on any atom is 0.184 e. The van der Waals surface area contributed by atoms with Crippen molar-refractivity contribution in [2.45, 2.75) is 6.10 Å². The molecule has 1 heteroatoms. The minimum absolute atomic E-state index is 0.389. The van der Waals surface area contributed by atoms with Crippen LogP contribution < -0.4 is 0 Å². The molecule has 1 aliphatic heterocycles. The van der Waals surface area contributed by atoms with Gasteiger partial charge in [0, 0.05) is 6.08 Å². The Labute approximate surface area is 48.7 Å². The van der Waals surface area contributed by atoms with Crippen molar-refractivity contribution in [1.82, 2.24) is 0 Å². The third-order valence-electron chi connectivity index (χ3n) is 0.768. The number of ether oxygens (including phenoxy) is 1. The van der Waals surface area contributed by atoms with Gasteiger partial charge < -0.3 is 4.74 Å². The lowest BCUT2D eigenvalue weighted by Crippen LogP contribution is -2.03. The molecule has 0 amide bonds. The third kappa shape index (κ3) is 0.913. The van der Waals surface area contributed by atoms with E-state index in [-0.39, 0.29) is 6.10 Å². The molecule has 0 spiro atoms. The van der Waals surface area contributed by atoms with Gasteiger partial charge >= 0.3 is 0 Å². The van der Waals surface area contributed by atoms with Crippen LogP contribution in [-0.2, 0) is 4.74 Å². The SMILES string of the molecule is [C]#CC1[C]=CC=CO1. The van der Waals surface area contributed by atoms with Crippen LogP contribution in [0.15, 0.2) is 18.4 Å². The van der Waals surface area contributed by atoms with Crippen LogP contribution in [0, 0.1) is 18.4 Å². The van der Waals surface area contributed by atoms with Crippen LogP contribution in [0.1, 0.15) is 0 Å². The van der Waals surface area contributed by atoms with Gasteiger partial charge in [0.15, 0.2) is 6.10 Å². The summed E-state index contributed by atoms with van der Waals surface area (Å²) in [5.41, 5.74) is 0. The average Bonchev–Trinajstić information content (AvgIpc) is 1.90. The molecular formula is C7H4O. The molecule has 0 aromatic carbocycles. The molecule has 1 nitrogen and oxygen atoms in total. The van der Waals surface area contributed by atoms with Crippen LogP contribution in [0.2, 0.25) is 0 Å². The van der Waals surface area contributed by atoms with Gasteiger partial charge in [-0.1, -0.05) is 6.08 Å². The summed E-state index contributed by atoms with van der Waals surface area (Å²) in [6.45, 7) is 0. The topological polar surface area (TPSA) is 9.23 Å². The summed E-state index contributed by atoms with van der Waals surface area (Å²) >= 11 is 0. The van der Waals surface area contributed by atoms with Gasteiger partial charge in [0.05, 0.1) is 6.26 Å². The van der Waals surface area contributed by atoms with Crippen molar-refractivity contribution in [2.24, 2.45) is 0 Å². The second-order valence-corrected chi connectivity index (χ2v) is 1.32. The van der Waals surface area contributed by atoms with E-state index in [1.54, 1.807) is 12.2 Å². The molecule has 1 atom stereocenters. The molecule has 1 unspecified atom stereocenters. The van der Waals surface area contributed by atoms with Crippen LogP contribution in [0.25, 0.3) is 0 Å². The molecule has 38 valence electrons. The summed E-state index contributed by atoms with van der Waals surface area (Å²) in [5, 5.41) is 0. The molecule has 1 heterocycles. The number of hydrogen-bond acceptors (Lipinski definition) is 1. The van der Waals surface area contributed by atoms with Crippen LogP contribution >= 0.6 is 0 Å². The second-order valence-electron chi connectivity index (χ2n) is 1.32. The Morgan fingerprint density at radius 2 is 2.62 bits per heavy atom. The molecule has 0 N–H and O–H groups in total. The quantitative estimate of drug-likeness (QED) is 0.414. The van der Waals surface area contributed by atoms with Crippen molar-refractivity contribution in [3.05, 3.63) is 30.9 Å². The highest BCUT2D eigenvalue weighted by Gasteiger charge is 1.98. The molecule has 0 aromatic heterocycles. The van der Waals surface area contributed by atoms with E-state index < -0.39 is 0 Å². The van der Waals surface area contributed by atoms with E-state index >= 15 is 0 Å². The molecule has 1 aliphatic rings. The Morgan fingerprint density at radius 3 is 3.00 bits per heavy atom. The Hall–Kier alpha value is -1.16. The first-order valence-electron chi connectivity index (χ1n) is 2.25. The van der Waals surface area contributed by atoms with Crippen LogP contribution in [0.5, 0.6) is 0 Å². The highest BCUT2D eigenvalue weighted by atomic mass is 16.5. The Balaban J connectivity index is 2.55. The standard InChI is InChI=1S/C7H4O/c1-2-7-5-3-4-6-8-7/h3-4,6-7H. The first-order valence-corrected chi connectivity index (χ1v) is 2.25. The zero-order valence-corrected chi connectivity index (χ0v) is 4.22. The molecule has 0 saturated heterocycles. The van der Waals surface area contributed by atoms with E-state index in [9.17, 15) is 0 Å². The lowest BCUT2D eigenvalue weighted by molar-refractivity contribution is 0.225. The van der Waals surface area contributed by atoms with E-state index in [0.29, 0.717) is 0 Å². The number of rotatable bonds is 0. The maximum absolute atomic E-state index is 6.61. The monoisotopic (exact) mass is 104 g/mol. The second kappa shape index (κ2) is 2.23. The van der Waals surface area contributed by atoms with Gasteiger partial charge in [0.2, 0.25) is 0 Å². The van der Waals surface area contributed by atoms with Crippen LogP contribution in [-0.4, -0.2) is 6.10 Å². The zero-order chi connectivity index (χ0) is 5.82. The third-order valence-corrected chi connectivity index (χ3v) is 0.768. The van der Waals surface area contributed by atoms with E-state index in [1.807, 2.05) is 0 Å². The number of allylic oxidation sites excluding steroid dienone is 2. The highest BCUT2D eigenvalue weighted by Crippen LogP contribution is 1.97. The molecule has 0 bridgehead atoms. The highest BCUT2D eigenvalue weighted by molar-refractivity contribution is 5.09. The van der Waals surface area contributed by atoms with Crippen LogP contribution in [0.4, 0.5) is 0 Å². The first-order chi connectivity index (χ1) is 3.93. The predicted molar refractivity (Wildman–Crippen MR) is 29.0 cm³/mol. The predicted octanol–water partition coefficient (Wildman–Crippen LogP) is 0.848. The van der Waals surface area contributed by atoms with Gasteiger partial charge in [-0.15, -0.1) is 0 Å². The van der Waals surface area contributed by atoms with Crippen molar-refractivity contribution in [3.63, 3.8) is 0 Å². The molecule has 2 radical (unpaired) electrons. The molecule has 0 fully saturated rings. The summed E-state index contributed by atoms with van der Waals surface area (Å²) < 4.78 is 4.81. The minimum atomic E-state index is -0.389. The first kappa shape index (κ1) is 4.99. The van der Waals surface area contributed by atoms with Gasteiger partial charge in [-0.25, -0.2) is 0 Å². The Bertz CT molecular complexity index is 160. The van der Waals surface area contributed by atoms with Crippen molar-refractivity contribution >= 4 is 0 Å². The van der Waals surface area contributed by atoms with E-state index in [2.05, 4.69) is 12.0 Å². The molecule has 0 aliphatic carbocycles. The lowest BCUT2D eigenvalue weighted by Gasteiger charge is -2.05. The Kier molecular flexibility index (Phi) is 1.39. The van der Waals surface area contributed by atoms with Crippen molar-refractivity contribution in [1.29, 1.82) is 0 Å². The summed E-state index contributed by atoms with van der Waals surface area (Å²) in [6.07, 6.45) is 13.9. The van der Waals surface area contributed by atoms with Crippen molar-refractivity contribution in [3.8, 4) is 5.92 Å². The van der Waals surface area contributed by atoms with Gasteiger partial charge in [0.25, 0.3) is 0 Å². The van der Waals surface area contributed by atoms with E-state index in [4.69, 9.17) is 11.2 Å². The summed E-state index contributed by atoms with van der Waals surface area (Å²) in [5.74, 6) is 2.14. The van der Waals surface area contributed by atoms with Crippen LogP contribution in [0.3, 0.4) is 0 Å². The molecule has 8 heavy (non-hydrogen) atoms. The molecule has 0 saturated carbocycles. The van der Waals surface area contributed by atoms with Gasteiger partial charge in [-0.2, -0.15) is 0 Å². The minimum Gasteiger partial charge on any atom is -0.480 e. The Morgan fingerprint density at radius 1 is 1.75 bits per heavy atom. The average molecular weight is 104 g/mol. The smallest absolute Gasteiger partial charge is 0.184 e. The van der Waals surface area contributed by atoms with Crippen molar-refractivity contribution < 1.29 is 4.74 Å². The van der Waals surface area contributed by atoms with Gasteiger partial charge in [0.1, 0.15) is 0 Å². The van der Waals surface area contributed by atoms with Gasteiger partial charge in [-0.3, -0.25) is 0 Å². The van der Waals surface area contributed by atoms with Crippen molar-refractivity contribution in [2.75, 3.05) is 0 Å². The summed E-state index contributed by atoms with van der Waals surface area (Å²) in [6, 6.07) is 0. The fourth-order valence-corrected chi connectivity index (χ4v) is 0.421. The fraction of sp³-hybridized carbons (Fsp3) is 0.143. The van der Waals surface area contributed by atoms with E-state index in [0.717, 1.165) is 0 Å². The summed E-state index contributed by atoms with van der Waals surface area (Å²) in [4.78, 5) is 0. The zero-order valence-electron chi connectivity index (χ0n) is 4.22. The molecular weight excluding hydrogens is 100 g/mol. The number of hydrogen-bond donors (Lipinski definition) is 0. The van der Waals surface area contributed by atoms with Gasteiger partial charge in [-0.05, 0) is 18.4 Å². The summed E-state index contributed by atoms with van der Waals surface area (Å²) in [7, 11) is 0. The molecule has 0 aromatic rings. The fourth-order valence-electron chi connectivity index (χ4n) is 0.421. The normalized spacial score (nSPS) is 24.1. The molecule has 1 rings (SSSR count). The largest absolute Gasteiger partial charge is 0.480 e. The van der Waals surface area contributed by atoms with E-state index in [1.165, 1.54) is 6.26 Å². The lowest BCUT2D eigenvalue weighted by atomic mass is 10.3.